The van der Waals surface area contributed by atoms with Crippen LogP contribution in [0, 0.1) is 12.3 Å². The molecule has 5 heteroatoms. The van der Waals surface area contributed by atoms with Crippen molar-refractivity contribution in [3.05, 3.63) is 29.8 Å². The number of methoxy groups -OCH3 is 1. The molecule has 0 amide bonds. The first-order chi connectivity index (χ1) is 11.1. The topological polar surface area (TPSA) is 50.8 Å². The van der Waals surface area contributed by atoms with E-state index >= 15 is 0 Å². The third-order valence-electron chi connectivity index (χ3n) is 3.55. The summed E-state index contributed by atoms with van der Waals surface area (Å²) in [5, 5.41) is 3.14. The molecule has 0 aliphatic carbocycles. The molecule has 1 N–H and O–H groups in total. The van der Waals surface area contributed by atoms with Crippen LogP contribution in [0.5, 0.6) is 5.75 Å². The van der Waals surface area contributed by atoms with Crippen LogP contribution in [0.2, 0.25) is 0 Å². The summed E-state index contributed by atoms with van der Waals surface area (Å²) in [6.07, 6.45) is 6.24. The second-order valence-electron chi connectivity index (χ2n) is 5.26. The molecule has 0 aliphatic heterocycles. The van der Waals surface area contributed by atoms with Crippen molar-refractivity contribution in [3.63, 3.8) is 0 Å². The van der Waals surface area contributed by atoms with Crippen molar-refractivity contribution in [1.82, 2.24) is 10.2 Å². The lowest BCUT2D eigenvalue weighted by Gasteiger charge is -2.27. The van der Waals surface area contributed by atoms with Gasteiger partial charge in [0.15, 0.2) is 0 Å². The van der Waals surface area contributed by atoms with Gasteiger partial charge >= 0.3 is 5.97 Å². The predicted molar refractivity (Wildman–Crippen MR) is 91.5 cm³/mol. The van der Waals surface area contributed by atoms with Crippen LogP contribution >= 0.6 is 0 Å². The molecule has 0 heterocycles. The summed E-state index contributed by atoms with van der Waals surface area (Å²) in [4.78, 5) is 13.5. The molecule has 0 fully saturated rings. The van der Waals surface area contributed by atoms with Gasteiger partial charge in [-0.1, -0.05) is 18.1 Å². The van der Waals surface area contributed by atoms with Crippen molar-refractivity contribution >= 4 is 5.97 Å². The molecule has 0 aliphatic rings. The normalized spacial score (nSPS) is 11.8. The molecule has 1 aromatic carbocycles. The first-order valence-electron chi connectivity index (χ1n) is 7.73. The zero-order valence-electron chi connectivity index (χ0n) is 14.2. The fourth-order valence-electron chi connectivity index (χ4n) is 2.24. The van der Waals surface area contributed by atoms with E-state index in [4.69, 9.17) is 15.9 Å². The highest BCUT2D eigenvalue weighted by molar-refractivity contribution is 5.71. The Bertz CT molecular complexity index is 508. The minimum atomic E-state index is -0.240. The van der Waals surface area contributed by atoms with Gasteiger partial charge < -0.3 is 14.8 Å². The predicted octanol–water partition coefficient (Wildman–Crippen LogP) is 1.32. The number of ether oxygens (including phenoxy) is 2. The van der Waals surface area contributed by atoms with Gasteiger partial charge in [0.2, 0.25) is 0 Å². The van der Waals surface area contributed by atoms with Crippen molar-refractivity contribution in [2.45, 2.75) is 19.4 Å². The van der Waals surface area contributed by atoms with Crippen LogP contribution in [-0.2, 0) is 16.0 Å². The summed E-state index contributed by atoms with van der Waals surface area (Å²) >= 11 is 0. The summed E-state index contributed by atoms with van der Waals surface area (Å²) in [6.45, 7) is 3.61. The quantitative estimate of drug-likeness (QED) is 0.521. The van der Waals surface area contributed by atoms with Gasteiger partial charge in [0.25, 0.3) is 0 Å². The Morgan fingerprint density at radius 2 is 2.09 bits per heavy atom. The lowest BCUT2D eigenvalue weighted by atomic mass is 10.0. The maximum atomic E-state index is 11.4. The number of nitrogens with zero attached hydrogens (tertiary/aromatic N) is 1. The Balaban J connectivity index is 2.60. The van der Waals surface area contributed by atoms with Crippen LogP contribution in [0.1, 0.15) is 12.5 Å². The monoisotopic (exact) mass is 318 g/mol. The summed E-state index contributed by atoms with van der Waals surface area (Å²) in [7, 11) is 3.64. The van der Waals surface area contributed by atoms with E-state index in [2.05, 4.69) is 16.1 Å². The van der Waals surface area contributed by atoms with Gasteiger partial charge in [-0.25, -0.2) is 0 Å². The zero-order valence-corrected chi connectivity index (χ0v) is 14.2. The molecular weight excluding hydrogens is 292 g/mol. The molecule has 23 heavy (non-hydrogen) atoms. The fourth-order valence-corrected chi connectivity index (χ4v) is 2.24. The van der Waals surface area contributed by atoms with Crippen molar-refractivity contribution in [2.24, 2.45) is 0 Å². The van der Waals surface area contributed by atoms with E-state index in [0.717, 1.165) is 12.2 Å². The molecule has 0 saturated carbocycles. The summed E-state index contributed by atoms with van der Waals surface area (Å²) in [5.74, 6) is 3.25. The standard InChI is InChI=1S/C18H26N2O3/c1-5-11-20(3)16(13-19-14-18(21)23-6-2)12-15-7-9-17(22-4)10-8-15/h1,7-10,16,19H,6,11-14H2,2-4H3/t16-/m0/s1. The number of hydrogen-bond donors (Lipinski definition) is 1. The van der Waals surface area contributed by atoms with E-state index < -0.39 is 0 Å². The van der Waals surface area contributed by atoms with Gasteiger partial charge in [-0.3, -0.25) is 9.69 Å². The molecule has 0 radical (unpaired) electrons. The average Bonchev–Trinajstić information content (AvgIpc) is 2.55. The number of rotatable bonds is 10. The van der Waals surface area contributed by atoms with E-state index in [1.54, 1.807) is 14.0 Å². The van der Waals surface area contributed by atoms with Gasteiger partial charge in [0.05, 0.1) is 26.8 Å². The molecule has 0 aromatic heterocycles. The van der Waals surface area contributed by atoms with E-state index in [1.807, 2.05) is 31.3 Å². The van der Waals surface area contributed by atoms with Crippen LogP contribution < -0.4 is 10.1 Å². The first-order valence-corrected chi connectivity index (χ1v) is 7.73. The molecule has 1 aromatic rings. The van der Waals surface area contributed by atoms with Crippen molar-refractivity contribution in [3.8, 4) is 18.1 Å². The second-order valence-corrected chi connectivity index (χ2v) is 5.26. The van der Waals surface area contributed by atoms with Crippen molar-refractivity contribution < 1.29 is 14.3 Å². The Kier molecular flexibility index (Phi) is 8.81. The average molecular weight is 318 g/mol. The van der Waals surface area contributed by atoms with Crippen LogP contribution in [0.3, 0.4) is 0 Å². The van der Waals surface area contributed by atoms with Crippen molar-refractivity contribution in [1.29, 1.82) is 0 Å². The molecule has 1 rings (SSSR count). The van der Waals surface area contributed by atoms with E-state index in [1.165, 1.54) is 5.56 Å². The van der Waals surface area contributed by atoms with Gasteiger partial charge in [-0.05, 0) is 38.1 Å². The number of nitrogens with one attached hydrogen (secondary N) is 1. The minimum absolute atomic E-state index is 0.189. The molecule has 0 unspecified atom stereocenters. The molecule has 0 saturated heterocycles. The molecular formula is C18H26N2O3. The fraction of sp³-hybridized carbons (Fsp3) is 0.500. The largest absolute Gasteiger partial charge is 0.497 e. The molecule has 5 nitrogen and oxygen atoms in total. The number of esters is 1. The second kappa shape index (κ2) is 10.7. The molecule has 1 atom stereocenters. The molecule has 0 bridgehead atoms. The van der Waals surface area contributed by atoms with Crippen LogP contribution in [0.25, 0.3) is 0 Å². The van der Waals surface area contributed by atoms with Crippen molar-refractivity contribution in [2.75, 3.05) is 40.4 Å². The maximum Gasteiger partial charge on any atom is 0.319 e. The van der Waals surface area contributed by atoms with Gasteiger partial charge in [-0.15, -0.1) is 6.42 Å². The number of carbonyl (C=O) groups excluding carboxylic acids is 1. The minimum Gasteiger partial charge on any atom is -0.497 e. The summed E-state index contributed by atoms with van der Waals surface area (Å²) in [5.41, 5.74) is 1.19. The Morgan fingerprint density at radius 3 is 2.65 bits per heavy atom. The highest BCUT2D eigenvalue weighted by Gasteiger charge is 2.15. The Labute approximate surface area is 139 Å². The lowest BCUT2D eigenvalue weighted by molar-refractivity contribution is -0.142. The highest BCUT2D eigenvalue weighted by Crippen LogP contribution is 2.14. The number of hydrogen-bond acceptors (Lipinski definition) is 5. The number of benzene rings is 1. The SMILES string of the molecule is C#CCN(C)[C@H](CNCC(=O)OCC)Cc1ccc(OC)cc1. The smallest absolute Gasteiger partial charge is 0.319 e. The maximum absolute atomic E-state index is 11.4. The molecule has 126 valence electrons. The van der Waals surface area contributed by atoms with Crippen LogP contribution in [-0.4, -0.2) is 57.3 Å². The number of carbonyl (C=O) groups is 1. The first kappa shape index (κ1) is 19.0. The van der Waals surface area contributed by atoms with Gasteiger partial charge in [-0.2, -0.15) is 0 Å². The number of likely N-dealkylation sites (N-methyl/N-ethyl adjacent to an activating group) is 1. The lowest BCUT2D eigenvalue weighted by Crippen LogP contribution is -2.43. The van der Waals surface area contributed by atoms with Gasteiger partial charge in [0.1, 0.15) is 5.75 Å². The van der Waals surface area contributed by atoms with Crippen LogP contribution in [0.15, 0.2) is 24.3 Å². The third-order valence-corrected chi connectivity index (χ3v) is 3.55. The number of terminal acetylenes is 1. The summed E-state index contributed by atoms with van der Waals surface area (Å²) < 4.78 is 10.1. The van der Waals surface area contributed by atoms with E-state index in [-0.39, 0.29) is 18.6 Å². The van der Waals surface area contributed by atoms with E-state index in [9.17, 15) is 4.79 Å². The zero-order chi connectivity index (χ0) is 17.1. The van der Waals surface area contributed by atoms with E-state index in [0.29, 0.717) is 19.7 Å². The Morgan fingerprint density at radius 1 is 1.39 bits per heavy atom. The summed E-state index contributed by atoms with van der Waals surface area (Å²) in [6, 6.07) is 8.16. The van der Waals surface area contributed by atoms with Crippen LogP contribution in [0.4, 0.5) is 0 Å². The highest BCUT2D eigenvalue weighted by atomic mass is 16.5. The Hall–Kier alpha value is -2.03. The third kappa shape index (κ3) is 7.18. The molecule has 0 spiro atoms. The van der Waals surface area contributed by atoms with Gasteiger partial charge in [0, 0.05) is 12.6 Å².